The van der Waals surface area contributed by atoms with E-state index in [1.54, 1.807) is 49.9 Å². The van der Waals surface area contributed by atoms with Gasteiger partial charge in [-0.05, 0) is 70.2 Å². The van der Waals surface area contributed by atoms with E-state index in [0.29, 0.717) is 16.8 Å². The lowest BCUT2D eigenvalue weighted by atomic mass is 9.97. The normalized spacial score (nSPS) is 13.8. The number of hydrogen-bond acceptors (Lipinski definition) is 4. The largest absolute Gasteiger partial charge is 0.444 e. The van der Waals surface area contributed by atoms with Crippen molar-refractivity contribution in [1.82, 2.24) is 10.2 Å². The van der Waals surface area contributed by atoms with Crippen LogP contribution in [0.25, 0.3) is 0 Å². The monoisotopic (exact) mass is 475 g/mol. The van der Waals surface area contributed by atoms with Crippen LogP contribution in [0.5, 0.6) is 0 Å². The number of nitrogens with zero attached hydrogens (tertiary/aromatic N) is 1. The van der Waals surface area contributed by atoms with Gasteiger partial charge < -0.3 is 20.3 Å². The van der Waals surface area contributed by atoms with Gasteiger partial charge in [-0.25, -0.2) is 4.79 Å². The Hall–Kier alpha value is -3.79. The molecule has 2 aromatic rings. The first kappa shape index (κ1) is 25.8. The number of amides is 3. The van der Waals surface area contributed by atoms with Crippen molar-refractivity contribution in [2.75, 3.05) is 11.9 Å². The number of carbonyl (C=O) groups excluding carboxylic acids is 3. The van der Waals surface area contributed by atoms with E-state index in [1.807, 2.05) is 32.0 Å². The molecule has 1 aliphatic rings. The zero-order chi connectivity index (χ0) is 25.8. The molecule has 2 aromatic carbocycles. The van der Waals surface area contributed by atoms with Crippen LogP contribution in [0.15, 0.2) is 42.5 Å². The quantitative estimate of drug-likeness (QED) is 0.578. The molecule has 1 atom stereocenters. The SMILES string of the molecule is C#Cc1ccccc1C(C(=O)Nc1c(C)cccc1C)N(C(=O)CNC(=O)OC(C)(C)C)C1CC1. The van der Waals surface area contributed by atoms with E-state index in [4.69, 9.17) is 11.2 Å². The zero-order valence-electron chi connectivity index (χ0n) is 21.0. The second-order valence-electron chi connectivity index (χ2n) is 9.78. The van der Waals surface area contributed by atoms with E-state index in [2.05, 4.69) is 16.6 Å². The summed E-state index contributed by atoms with van der Waals surface area (Å²) in [6.45, 7) is 8.78. The number of rotatable bonds is 7. The molecule has 0 aliphatic heterocycles. The summed E-state index contributed by atoms with van der Waals surface area (Å²) in [7, 11) is 0. The summed E-state index contributed by atoms with van der Waals surface area (Å²) in [5, 5.41) is 5.55. The highest BCUT2D eigenvalue weighted by Gasteiger charge is 2.42. The van der Waals surface area contributed by atoms with Gasteiger partial charge in [-0.2, -0.15) is 0 Å². The molecule has 0 spiro atoms. The van der Waals surface area contributed by atoms with Gasteiger partial charge in [0.2, 0.25) is 5.91 Å². The van der Waals surface area contributed by atoms with Gasteiger partial charge >= 0.3 is 6.09 Å². The summed E-state index contributed by atoms with van der Waals surface area (Å²) in [6.07, 6.45) is 6.60. The minimum absolute atomic E-state index is 0.123. The minimum Gasteiger partial charge on any atom is -0.444 e. The number of benzene rings is 2. The molecule has 3 amide bonds. The van der Waals surface area contributed by atoms with Gasteiger partial charge in [-0.3, -0.25) is 9.59 Å². The molecule has 1 saturated carbocycles. The van der Waals surface area contributed by atoms with Crippen LogP contribution in [0.2, 0.25) is 0 Å². The number of ether oxygens (including phenoxy) is 1. The third-order valence-corrected chi connectivity index (χ3v) is 5.68. The molecular formula is C28H33N3O4. The van der Waals surface area contributed by atoms with Crippen molar-refractivity contribution in [3.05, 3.63) is 64.7 Å². The third kappa shape index (κ3) is 6.63. The molecule has 1 unspecified atom stereocenters. The van der Waals surface area contributed by atoms with Crippen molar-refractivity contribution >= 4 is 23.6 Å². The molecule has 1 aliphatic carbocycles. The second-order valence-corrected chi connectivity index (χ2v) is 9.78. The van der Waals surface area contributed by atoms with Crippen molar-refractivity contribution in [1.29, 1.82) is 0 Å². The van der Waals surface area contributed by atoms with E-state index in [0.717, 1.165) is 24.0 Å². The predicted octanol–water partition coefficient (Wildman–Crippen LogP) is 4.48. The van der Waals surface area contributed by atoms with Gasteiger partial charge in [0.1, 0.15) is 18.2 Å². The molecule has 35 heavy (non-hydrogen) atoms. The molecule has 7 heteroatoms. The lowest BCUT2D eigenvalue weighted by molar-refractivity contribution is -0.139. The predicted molar refractivity (Wildman–Crippen MR) is 136 cm³/mol. The Bertz CT molecular complexity index is 1140. The maximum atomic E-state index is 13.8. The first-order valence-electron chi connectivity index (χ1n) is 11.7. The topological polar surface area (TPSA) is 87.7 Å². The number of carbonyl (C=O) groups is 3. The number of aryl methyl sites for hydroxylation is 2. The molecular weight excluding hydrogens is 442 g/mol. The van der Waals surface area contributed by atoms with E-state index >= 15 is 0 Å². The Morgan fingerprint density at radius 2 is 1.71 bits per heavy atom. The highest BCUT2D eigenvalue weighted by atomic mass is 16.6. The Labute approximate surface area is 207 Å². The van der Waals surface area contributed by atoms with E-state index < -0.39 is 17.7 Å². The third-order valence-electron chi connectivity index (χ3n) is 5.68. The van der Waals surface area contributed by atoms with Crippen LogP contribution in [0.1, 0.15) is 61.9 Å². The summed E-state index contributed by atoms with van der Waals surface area (Å²) < 4.78 is 5.25. The molecule has 2 N–H and O–H groups in total. The fraction of sp³-hybridized carbons (Fsp3) is 0.393. The highest BCUT2D eigenvalue weighted by molar-refractivity contribution is 6.00. The first-order chi connectivity index (χ1) is 16.5. The molecule has 0 heterocycles. The smallest absolute Gasteiger partial charge is 0.408 e. The summed E-state index contributed by atoms with van der Waals surface area (Å²) in [5.74, 6) is 1.90. The van der Waals surface area contributed by atoms with Crippen molar-refractivity contribution < 1.29 is 19.1 Å². The Balaban J connectivity index is 1.95. The van der Waals surface area contributed by atoms with Crippen LogP contribution in [0.4, 0.5) is 10.5 Å². The van der Waals surface area contributed by atoms with Crippen LogP contribution in [-0.2, 0) is 14.3 Å². The number of hydrogen-bond donors (Lipinski definition) is 2. The highest BCUT2D eigenvalue weighted by Crippen LogP contribution is 2.37. The standard InChI is InChI=1S/C28H33N3O4/c1-7-20-13-8-9-14-22(20)25(26(33)30-24-18(2)11-10-12-19(24)3)31(21-15-16-21)23(32)17-29-27(34)35-28(4,5)6/h1,8-14,21,25H,15-17H2,2-6H3,(H,29,34)(H,30,33). The van der Waals surface area contributed by atoms with Crippen LogP contribution >= 0.6 is 0 Å². The Morgan fingerprint density at radius 1 is 1.09 bits per heavy atom. The lowest BCUT2D eigenvalue weighted by Crippen LogP contribution is -2.47. The molecule has 7 nitrogen and oxygen atoms in total. The Kier molecular flexibility index (Phi) is 7.85. The lowest BCUT2D eigenvalue weighted by Gasteiger charge is -2.32. The van der Waals surface area contributed by atoms with Gasteiger partial charge in [0, 0.05) is 17.3 Å². The zero-order valence-corrected chi connectivity index (χ0v) is 21.0. The fourth-order valence-electron chi connectivity index (χ4n) is 3.95. The molecule has 1 fully saturated rings. The molecule has 3 rings (SSSR count). The van der Waals surface area contributed by atoms with Gasteiger partial charge in [-0.15, -0.1) is 6.42 Å². The van der Waals surface area contributed by atoms with Gasteiger partial charge in [0.25, 0.3) is 5.91 Å². The van der Waals surface area contributed by atoms with Crippen LogP contribution in [0, 0.1) is 26.2 Å². The molecule has 0 radical (unpaired) electrons. The van der Waals surface area contributed by atoms with Crippen molar-refractivity contribution in [2.45, 2.75) is 65.1 Å². The van der Waals surface area contributed by atoms with Crippen molar-refractivity contribution in [3.8, 4) is 12.3 Å². The number of para-hydroxylation sites is 1. The van der Waals surface area contributed by atoms with Gasteiger partial charge in [0.15, 0.2) is 0 Å². The average Bonchev–Trinajstić information content (AvgIpc) is 3.62. The van der Waals surface area contributed by atoms with E-state index in [9.17, 15) is 14.4 Å². The number of alkyl carbamates (subject to hydrolysis) is 1. The molecule has 0 aromatic heterocycles. The van der Waals surface area contributed by atoms with Crippen LogP contribution in [-0.4, -0.2) is 41.0 Å². The summed E-state index contributed by atoms with van der Waals surface area (Å²) in [4.78, 5) is 40.9. The minimum atomic E-state index is -0.957. The summed E-state index contributed by atoms with van der Waals surface area (Å²) in [6, 6.07) is 11.8. The maximum Gasteiger partial charge on any atom is 0.408 e. The fourth-order valence-corrected chi connectivity index (χ4v) is 3.95. The molecule has 0 bridgehead atoms. The van der Waals surface area contributed by atoms with E-state index in [-0.39, 0.29) is 24.4 Å². The van der Waals surface area contributed by atoms with E-state index in [1.165, 1.54) is 0 Å². The van der Waals surface area contributed by atoms with Crippen molar-refractivity contribution in [2.24, 2.45) is 0 Å². The number of nitrogens with one attached hydrogen (secondary N) is 2. The summed E-state index contributed by atoms with van der Waals surface area (Å²) >= 11 is 0. The van der Waals surface area contributed by atoms with Crippen LogP contribution in [0.3, 0.4) is 0 Å². The Morgan fingerprint density at radius 3 is 2.29 bits per heavy atom. The second kappa shape index (κ2) is 10.6. The van der Waals surface area contributed by atoms with Gasteiger partial charge in [-0.1, -0.05) is 42.3 Å². The molecule has 184 valence electrons. The first-order valence-corrected chi connectivity index (χ1v) is 11.7. The van der Waals surface area contributed by atoms with Crippen LogP contribution < -0.4 is 10.6 Å². The average molecular weight is 476 g/mol. The summed E-state index contributed by atoms with van der Waals surface area (Å²) in [5.41, 5.74) is 2.94. The van der Waals surface area contributed by atoms with Gasteiger partial charge in [0.05, 0.1) is 0 Å². The molecule has 0 saturated heterocycles. The van der Waals surface area contributed by atoms with Crippen molar-refractivity contribution in [3.63, 3.8) is 0 Å². The maximum absolute atomic E-state index is 13.8. The number of anilines is 1. The number of terminal acetylenes is 1.